The highest BCUT2D eigenvalue weighted by molar-refractivity contribution is 5.75. The molecule has 1 aromatic carbocycles. The summed E-state index contributed by atoms with van der Waals surface area (Å²) in [4.78, 5) is 36.9. The number of H-pyrrole nitrogens is 1. The molecular formula is C16H16N4O4. The highest BCUT2D eigenvalue weighted by Gasteiger charge is 2.08. The molecule has 0 radical (unpaired) electrons. The zero-order valence-electron chi connectivity index (χ0n) is 13.0. The van der Waals surface area contributed by atoms with Crippen LogP contribution in [0.25, 0.3) is 0 Å². The van der Waals surface area contributed by atoms with Crippen molar-refractivity contribution in [1.29, 1.82) is 5.26 Å². The summed E-state index contributed by atoms with van der Waals surface area (Å²) in [5.41, 5.74) is -0.896. The van der Waals surface area contributed by atoms with Crippen molar-refractivity contribution in [1.82, 2.24) is 14.9 Å². The minimum Gasteiger partial charge on any atom is -0.494 e. The lowest BCUT2D eigenvalue weighted by Gasteiger charge is -2.09. The predicted molar refractivity (Wildman–Crippen MR) is 85.5 cm³/mol. The summed E-state index contributed by atoms with van der Waals surface area (Å²) >= 11 is 0. The zero-order valence-corrected chi connectivity index (χ0v) is 13.0. The maximum Gasteiger partial charge on any atom is 0.328 e. The minimum absolute atomic E-state index is 0.230. The summed E-state index contributed by atoms with van der Waals surface area (Å²) < 4.78 is 6.36. The largest absolute Gasteiger partial charge is 0.494 e. The molecule has 2 rings (SSSR count). The number of nitrogens with zero attached hydrogens (tertiary/aromatic N) is 2. The van der Waals surface area contributed by atoms with Crippen LogP contribution in [0.15, 0.2) is 40.1 Å². The zero-order chi connectivity index (χ0) is 17.5. The molecule has 0 aliphatic rings. The molecule has 2 N–H and O–H groups in total. The molecule has 124 valence electrons. The Morgan fingerprint density at radius 1 is 1.42 bits per heavy atom. The molecule has 0 unspecified atom stereocenters. The first-order chi connectivity index (χ1) is 11.5. The molecule has 2 aromatic rings. The van der Waals surface area contributed by atoms with Crippen LogP contribution in [-0.4, -0.2) is 22.1 Å². The van der Waals surface area contributed by atoms with Gasteiger partial charge in [-0.1, -0.05) is 12.1 Å². The molecule has 0 fully saturated rings. The SMILES string of the molecule is CCOc1cccc(CNC(=O)Cn2cc(C#N)c(=O)[nH]c2=O)c1. The van der Waals surface area contributed by atoms with Gasteiger partial charge in [-0.25, -0.2) is 4.79 Å². The average Bonchev–Trinajstić information content (AvgIpc) is 2.56. The van der Waals surface area contributed by atoms with E-state index >= 15 is 0 Å². The van der Waals surface area contributed by atoms with Gasteiger partial charge in [-0.2, -0.15) is 5.26 Å². The number of aromatic nitrogens is 2. The van der Waals surface area contributed by atoms with Gasteiger partial charge in [0.25, 0.3) is 5.56 Å². The lowest BCUT2D eigenvalue weighted by molar-refractivity contribution is -0.121. The first-order valence-corrected chi connectivity index (χ1v) is 7.25. The van der Waals surface area contributed by atoms with Crippen LogP contribution >= 0.6 is 0 Å². The third kappa shape index (κ3) is 4.33. The summed E-state index contributed by atoms with van der Waals surface area (Å²) in [5, 5.41) is 11.5. The molecule has 0 aliphatic heterocycles. The normalized spacial score (nSPS) is 10.0. The van der Waals surface area contributed by atoms with Gasteiger partial charge in [-0.05, 0) is 24.6 Å². The van der Waals surface area contributed by atoms with E-state index in [9.17, 15) is 14.4 Å². The molecule has 1 heterocycles. The number of nitrogens with one attached hydrogen (secondary N) is 2. The van der Waals surface area contributed by atoms with E-state index in [0.717, 1.165) is 16.3 Å². The topological polar surface area (TPSA) is 117 Å². The van der Waals surface area contributed by atoms with Crippen molar-refractivity contribution in [3.63, 3.8) is 0 Å². The van der Waals surface area contributed by atoms with Crippen molar-refractivity contribution in [3.05, 3.63) is 62.4 Å². The maximum atomic E-state index is 12.0. The fourth-order valence-corrected chi connectivity index (χ4v) is 2.03. The Balaban J connectivity index is 2.02. The molecule has 0 aliphatic carbocycles. The van der Waals surface area contributed by atoms with Crippen LogP contribution < -0.4 is 21.3 Å². The quantitative estimate of drug-likeness (QED) is 0.781. The Morgan fingerprint density at radius 3 is 2.92 bits per heavy atom. The molecule has 0 spiro atoms. The second-order valence-corrected chi connectivity index (χ2v) is 4.90. The van der Waals surface area contributed by atoms with Gasteiger partial charge in [0, 0.05) is 12.7 Å². The summed E-state index contributed by atoms with van der Waals surface area (Å²) in [6.45, 7) is 2.40. The number of nitriles is 1. The standard InChI is InChI=1S/C16H16N4O4/c1-2-24-13-5-3-4-11(6-13)8-18-14(21)10-20-9-12(7-17)15(22)19-16(20)23/h3-6,9H,2,8,10H2,1H3,(H,18,21)(H,19,22,23). The van der Waals surface area contributed by atoms with Crippen molar-refractivity contribution in [2.45, 2.75) is 20.0 Å². The molecule has 1 amide bonds. The monoisotopic (exact) mass is 328 g/mol. The molecule has 0 saturated heterocycles. The van der Waals surface area contributed by atoms with Crippen molar-refractivity contribution in [2.24, 2.45) is 0 Å². The Kier molecular flexibility index (Phi) is 5.52. The molecule has 0 atom stereocenters. The first-order valence-electron chi connectivity index (χ1n) is 7.25. The highest BCUT2D eigenvalue weighted by atomic mass is 16.5. The average molecular weight is 328 g/mol. The number of hydrogen-bond acceptors (Lipinski definition) is 5. The van der Waals surface area contributed by atoms with E-state index < -0.39 is 17.2 Å². The summed E-state index contributed by atoms with van der Waals surface area (Å²) in [6.07, 6.45) is 1.07. The van der Waals surface area contributed by atoms with Crippen LogP contribution in [0.4, 0.5) is 0 Å². The molecule has 8 nitrogen and oxygen atoms in total. The lowest BCUT2D eigenvalue weighted by Crippen LogP contribution is -2.36. The van der Waals surface area contributed by atoms with Crippen LogP contribution in [0.1, 0.15) is 18.1 Å². The van der Waals surface area contributed by atoms with Crippen molar-refractivity contribution in [2.75, 3.05) is 6.61 Å². The van der Waals surface area contributed by atoms with E-state index in [0.29, 0.717) is 12.4 Å². The second-order valence-electron chi connectivity index (χ2n) is 4.90. The number of rotatable bonds is 6. The smallest absolute Gasteiger partial charge is 0.328 e. The van der Waals surface area contributed by atoms with Gasteiger partial charge in [-0.3, -0.25) is 19.1 Å². The number of carbonyl (C=O) groups is 1. The lowest BCUT2D eigenvalue weighted by atomic mass is 10.2. The molecule has 1 aromatic heterocycles. The third-order valence-electron chi connectivity index (χ3n) is 3.14. The number of hydrogen-bond donors (Lipinski definition) is 2. The molecule has 24 heavy (non-hydrogen) atoms. The summed E-state index contributed by atoms with van der Waals surface area (Å²) in [6, 6.07) is 8.94. The fraction of sp³-hybridized carbons (Fsp3) is 0.250. The summed E-state index contributed by atoms with van der Waals surface area (Å²) in [7, 11) is 0. The molecule has 0 bridgehead atoms. The fourth-order valence-electron chi connectivity index (χ4n) is 2.03. The van der Waals surface area contributed by atoms with Gasteiger partial charge in [0.05, 0.1) is 6.61 Å². The van der Waals surface area contributed by atoms with E-state index in [2.05, 4.69) is 5.32 Å². The highest BCUT2D eigenvalue weighted by Crippen LogP contribution is 2.12. The van der Waals surface area contributed by atoms with Crippen LogP contribution in [0.2, 0.25) is 0 Å². The Labute approximate surface area is 137 Å². The van der Waals surface area contributed by atoms with Crippen LogP contribution in [0, 0.1) is 11.3 Å². The van der Waals surface area contributed by atoms with Gasteiger partial charge in [-0.15, -0.1) is 0 Å². The van der Waals surface area contributed by atoms with Crippen molar-refractivity contribution in [3.8, 4) is 11.8 Å². The van der Waals surface area contributed by atoms with Gasteiger partial charge in [0.1, 0.15) is 23.9 Å². The van der Waals surface area contributed by atoms with E-state index in [1.54, 1.807) is 6.07 Å². The van der Waals surface area contributed by atoms with Gasteiger partial charge >= 0.3 is 5.69 Å². The number of carbonyl (C=O) groups excluding carboxylic acids is 1. The predicted octanol–water partition coefficient (Wildman–Crippen LogP) is 0.123. The molecular weight excluding hydrogens is 312 g/mol. The number of aromatic amines is 1. The third-order valence-corrected chi connectivity index (χ3v) is 3.14. The minimum atomic E-state index is -0.771. The first kappa shape index (κ1) is 17.0. The molecule has 0 saturated carbocycles. The Morgan fingerprint density at radius 2 is 2.21 bits per heavy atom. The van der Waals surface area contributed by atoms with Crippen molar-refractivity contribution >= 4 is 5.91 Å². The van der Waals surface area contributed by atoms with Crippen LogP contribution in [0.3, 0.4) is 0 Å². The van der Waals surface area contributed by atoms with Gasteiger partial charge in [0.2, 0.25) is 5.91 Å². The van der Waals surface area contributed by atoms with Gasteiger partial charge in [0.15, 0.2) is 0 Å². The van der Waals surface area contributed by atoms with Crippen molar-refractivity contribution < 1.29 is 9.53 Å². The summed E-state index contributed by atoms with van der Waals surface area (Å²) in [5.74, 6) is 0.287. The van der Waals surface area contributed by atoms with E-state index in [4.69, 9.17) is 10.00 Å². The van der Waals surface area contributed by atoms with E-state index in [-0.39, 0.29) is 18.7 Å². The van der Waals surface area contributed by atoms with Gasteiger partial charge < -0.3 is 10.1 Å². The number of benzene rings is 1. The number of amides is 1. The number of ether oxygens (including phenoxy) is 1. The van der Waals surface area contributed by atoms with Crippen LogP contribution in [-0.2, 0) is 17.9 Å². The maximum absolute atomic E-state index is 12.0. The second kappa shape index (κ2) is 7.78. The Bertz CT molecular complexity index is 892. The Hall–Kier alpha value is -3.34. The van der Waals surface area contributed by atoms with Crippen LogP contribution in [0.5, 0.6) is 5.75 Å². The van der Waals surface area contributed by atoms with E-state index in [1.807, 2.05) is 36.2 Å². The molecule has 8 heteroatoms. The van der Waals surface area contributed by atoms with E-state index in [1.165, 1.54) is 0 Å².